The summed E-state index contributed by atoms with van der Waals surface area (Å²) < 4.78 is 5.13. The molecule has 0 spiro atoms. The van der Waals surface area contributed by atoms with Crippen LogP contribution in [0, 0.1) is 13.8 Å². The lowest BCUT2D eigenvalue weighted by molar-refractivity contribution is -0.122. The zero-order chi connectivity index (χ0) is 21.5. The number of ether oxygens (including phenoxy) is 1. The predicted octanol–water partition coefficient (Wildman–Crippen LogP) is 3.52. The second-order valence-corrected chi connectivity index (χ2v) is 8.05. The van der Waals surface area contributed by atoms with Crippen molar-refractivity contribution in [3.8, 4) is 0 Å². The molecule has 1 aromatic carbocycles. The van der Waals surface area contributed by atoms with Gasteiger partial charge in [-0.3, -0.25) is 9.69 Å². The van der Waals surface area contributed by atoms with Gasteiger partial charge in [0.2, 0.25) is 5.91 Å². The van der Waals surface area contributed by atoms with Crippen LogP contribution >= 0.6 is 0 Å². The Hall–Kier alpha value is -2.60. The SMILES string of the molecule is CCOC(=O)c1c(C)[nH]c(CCC(=O)NC2CCN(Cc3ccccc3)CC2)c1C. The summed E-state index contributed by atoms with van der Waals surface area (Å²) in [4.78, 5) is 30.3. The van der Waals surface area contributed by atoms with Gasteiger partial charge in [-0.1, -0.05) is 30.3 Å². The van der Waals surface area contributed by atoms with Crippen molar-refractivity contribution in [3.05, 3.63) is 58.4 Å². The number of nitrogens with zero attached hydrogens (tertiary/aromatic N) is 1. The van der Waals surface area contributed by atoms with Crippen molar-refractivity contribution in [1.82, 2.24) is 15.2 Å². The van der Waals surface area contributed by atoms with Crippen LogP contribution in [-0.2, 0) is 22.5 Å². The van der Waals surface area contributed by atoms with Crippen molar-refractivity contribution in [2.45, 2.75) is 59.0 Å². The van der Waals surface area contributed by atoms with Crippen LogP contribution in [0.4, 0.5) is 0 Å². The van der Waals surface area contributed by atoms with Gasteiger partial charge in [0.1, 0.15) is 0 Å². The summed E-state index contributed by atoms with van der Waals surface area (Å²) in [7, 11) is 0. The Morgan fingerprint density at radius 2 is 1.87 bits per heavy atom. The Labute approximate surface area is 179 Å². The lowest BCUT2D eigenvalue weighted by atomic mass is 10.0. The summed E-state index contributed by atoms with van der Waals surface area (Å²) in [5, 5.41) is 3.19. The van der Waals surface area contributed by atoms with Gasteiger partial charge in [0.25, 0.3) is 0 Å². The summed E-state index contributed by atoms with van der Waals surface area (Å²) in [5.41, 5.74) is 4.54. The molecule has 6 nitrogen and oxygen atoms in total. The quantitative estimate of drug-likeness (QED) is 0.652. The fourth-order valence-electron chi connectivity index (χ4n) is 4.19. The number of H-pyrrole nitrogens is 1. The van der Waals surface area contributed by atoms with Crippen LogP contribution in [0.5, 0.6) is 0 Å². The van der Waals surface area contributed by atoms with Crippen molar-refractivity contribution in [1.29, 1.82) is 0 Å². The van der Waals surface area contributed by atoms with Gasteiger partial charge in [-0.25, -0.2) is 4.79 Å². The molecule has 2 aromatic rings. The molecule has 1 aliphatic heterocycles. The number of carbonyl (C=O) groups excluding carboxylic acids is 2. The Morgan fingerprint density at radius 1 is 1.17 bits per heavy atom. The maximum atomic E-state index is 12.5. The molecule has 6 heteroatoms. The first kappa shape index (κ1) is 22.1. The second-order valence-electron chi connectivity index (χ2n) is 8.05. The molecule has 0 saturated carbocycles. The third kappa shape index (κ3) is 5.72. The highest BCUT2D eigenvalue weighted by molar-refractivity contribution is 5.92. The van der Waals surface area contributed by atoms with Crippen LogP contribution in [0.1, 0.15) is 59.1 Å². The maximum absolute atomic E-state index is 12.5. The van der Waals surface area contributed by atoms with Crippen LogP contribution < -0.4 is 5.32 Å². The summed E-state index contributed by atoms with van der Waals surface area (Å²) >= 11 is 0. The third-order valence-corrected chi connectivity index (χ3v) is 5.82. The van der Waals surface area contributed by atoms with Crippen LogP contribution in [-0.4, -0.2) is 47.5 Å². The van der Waals surface area contributed by atoms with E-state index in [0.29, 0.717) is 25.0 Å². The molecular weight excluding hydrogens is 378 g/mol. The van der Waals surface area contributed by atoms with E-state index in [1.807, 2.05) is 19.9 Å². The highest BCUT2D eigenvalue weighted by Gasteiger charge is 2.22. The normalized spacial score (nSPS) is 15.2. The maximum Gasteiger partial charge on any atom is 0.340 e. The molecule has 30 heavy (non-hydrogen) atoms. The fourth-order valence-corrected chi connectivity index (χ4v) is 4.19. The average molecular weight is 412 g/mol. The van der Waals surface area contributed by atoms with Gasteiger partial charge < -0.3 is 15.0 Å². The van der Waals surface area contributed by atoms with Crippen LogP contribution in [0.15, 0.2) is 30.3 Å². The number of aryl methyl sites for hydroxylation is 2. The molecule has 0 radical (unpaired) electrons. The van der Waals surface area contributed by atoms with Gasteiger partial charge in [0, 0.05) is 43.5 Å². The first-order chi connectivity index (χ1) is 14.5. The van der Waals surface area contributed by atoms with Crippen molar-refractivity contribution in [3.63, 3.8) is 0 Å². The van der Waals surface area contributed by atoms with E-state index in [1.54, 1.807) is 6.92 Å². The van der Waals surface area contributed by atoms with E-state index in [4.69, 9.17) is 4.74 Å². The van der Waals surface area contributed by atoms with E-state index >= 15 is 0 Å². The lowest BCUT2D eigenvalue weighted by Crippen LogP contribution is -2.44. The number of aromatic amines is 1. The molecule has 1 aromatic heterocycles. The lowest BCUT2D eigenvalue weighted by Gasteiger charge is -2.32. The second kappa shape index (κ2) is 10.4. The van der Waals surface area contributed by atoms with Gasteiger partial charge >= 0.3 is 5.97 Å². The molecule has 3 rings (SSSR count). The van der Waals surface area contributed by atoms with Crippen LogP contribution in [0.2, 0.25) is 0 Å². The smallest absolute Gasteiger partial charge is 0.340 e. The number of likely N-dealkylation sites (tertiary alicyclic amines) is 1. The zero-order valence-electron chi connectivity index (χ0n) is 18.3. The van der Waals surface area contributed by atoms with Gasteiger partial charge in [0.15, 0.2) is 0 Å². The number of hydrogen-bond donors (Lipinski definition) is 2. The molecule has 0 aliphatic carbocycles. The zero-order valence-corrected chi connectivity index (χ0v) is 18.3. The van der Waals surface area contributed by atoms with Crippen LogP contribution in [0.3, 0.4) is 0 Å². The van der Waals surface area contributed by atoms with E-state index in [2.05, 4.69) is 39.5 Å². The summed E-state index contributed by atoms with van der Waals surface area (Å²) in [6, 6.07) is 10.7. The van der Waals surface area contributed by atoms with E-state index in [1.165, 1.54) is 5.56 Å². The number of aromatic nitrogens is 1. The van der Waals surface area contributed by atoms with Gasteiger partial charge in [-0.05, 0) is 51.2 Å². The first-order valence-electron chi connectivity index (χ1n) is 10.9. The van der Waals surface area contributed by atoms with E-state index in [0.717, 1.165) is 49.4 Å². The number of piperidine rings is 1. The Morgan fingerprint density at radius 3 is 2.53 bits per heavy atom. The first-order valence-corrected chi connectivity index (χ1v) is 10.9. The van der Waals surface area contributed by atoms with Crippen molar-refractivity contribution in [2.24, 2.45) is 0 Å². The Kier molecular flexibility index (Phi) is 7.69. The van der Waals surface area contributed by atoms with E-state index in [9.17, 15) is 9.59 Å². The third-order valence-electron chi connectivity index (χ3n) is 5.82. The van der Waals surface area contributed by atoms with E-state index in [-0.39, 0.29) is 17.9 Å². The molecular formula is C24H33N3O3. The van der Waals surface area contributed by atoms with Gasteiger partial charge in [0.05, 0.1) is 12.2 Å². The molecule has 1 amide bonds. The standard InChI is InChI=1S/C24H33N3O3/c1-4-30-24(29)23-17(2)21(25-18(23)3)10-11-22(28)26-20-12-14-27(15-13-20)16-19-8-6-5-7-9-19/h5-9,20,25H,4,10-16H2,1-3H3,(H,26,28). The molecule has 2 N–H and O–H groups in total. The summed E-state index contributed by atoms with van der Waals surface area (Å²) in [5.74, 6) is -0.234. The monoisotopic (exact) mass is 411 g/mol. The van der Waals surface area contributed by atoms with Crippen molar-refractivity contribution >= 4 is 11.9 Å². The molecule has 0 atom stereocenters. The molecule has 0 bridgehead atoms. The molecule has 1 fully saturated rings. The van der Waals surface area contributed by atoms with Gasteiger partial charge in [-0.15, -0.1) is 0 Å². The fraction of sp³-hybridized carbons (Fsp3) is 0.500. The van der Waals surface area contributed by atoms with E-state index < -0.39 is 0 Å². The number of esters is 1. The summed E-state index contributed by atoms with van der Waals surface area (Å²) in [6.07, 6.45) is 2.95. The minimum Gasteiger partial charge on any atom is -0.462 e. The number of hydrogen-bond acceptors (Lipinski definition) is 4. The minimum absolute atomic E-state index is 0.0702. The number of nitrogens with one attached hydrogen (secondary N) is 2. The molecule has 1 aliphatic rings. The summed E-state index contributed by atoms with van der Waals surface area (Å²) in [6.45, 7) is 8.89. The highest BCUT2D eigenvalue weighted by atomic mass is 16.5. The Bertz CT molecular complexity index is 852. The highest BCUT2D eigenvalue weighted by Crippen LogP contribution is 2.20. The average Bonchev–Trinajstić information content (AvgIpc) is 3.02. The van der Waals surface area contributed by atoms with Crippen LogP contribution in [0.25, 0.3) is 0 Å². The van der Waals surface area contributed by atoms with Gasteiger partial charge in [-0.2, -0.15) is 0 Å². The topological polar surface area (TPSA) is 74.4 Å². The number of amides is 1. The van der Waals surface area contributed by atoms with Crippen molar-refractivity contribution in [2.75, 3.05) is 19.7 Å². The number of benzene rings is 1. The molecule has 2 heterocycles. The number of rotatable bonds is 8. The minimum atomic E-state index is -0.304. The van der Waals surface area contributed by atoms with Crippen molar-refractivity contribution < 1.29 is 14.3 Å². The molecule has 162 valence electrons. The molecule has 0 unspecified atom stereocenters. The Balaban J connectivity index is 1.43. The predicted molar refractivity (Wildman–Crippen MR) is 117 cm³/mol. The largest absolute Gasteiger partial charge is 0.462 e. The molecule has 1 saturated heterocycles. The number of carbonyl (C=O) groups is 2.